The van der Waals surface area contributed by atoms with Gasteiger partial charge in [-0.2, -0.15) is 0 Å². The monoisotopic (exact) mass is 864 g/mol. The predicted molar refractivity (Wildman–Crippen MR) is 246 cm³/mol. The number of pyridine rings is 1. The number of nitrogens with zero attached hydrogens (tertiary/aromatic N) is 2. The molecule has 1 fully saturated rings. The molecule has 2 aliphatic heterocycles. The van der Waals surface area contributed by atoms with Gasteiger partial charge >= 0.3 is 12.0 Å². The second kappa shape index (κ2) is 18.8. The van der Waals surface area contributed by atoms with E-state index in [-0.39, 0.29) is 37.6 Å². The number of aryl methyl sites for hydroxylation is 1. The van der Waals surface area contributed by atoms with Gasteiger partial charge in [-0.05, 0) is 133 Å². The summed E-state index contributed by atoms with van der Waals surface area (Å²) >= 11 is 0. The van der Waals surface area contributed by atoms with Crippen molar-refractivity contribution < 1.29 is 33.7 Å². The van der Waals surface area contributed by atoms with Crippen molar-refractivity contribution in [1.29, 1.82) is 0 Å². The molecular weight excluding hydrogens is 805 g/mol. The van der Waals surface area contributed by atoms with Crippen molar-refractivity contribution in [3.63, 3.8) is 0 Å². The fourth-order valence-corrected chi connectivity index (χ4v) is 9.33. The van der Waals surface area contributed by atoms with Crippen LogP contribution in [0.2, 0.25) is 0 Å². The van der Waals surface area contributed by atoms with Crippen LogP contribution in [0.4, 0.5) is 4.79 Å². The maximum atomic E-state index is 14.3. The van der Waals surface area contributed by atoms with Crippen LogP contribution in [0.3, 0.4) is 0 Å². The summed E-state index contributed by atoms with van der Waals surface area (Å²) < 4.78 is 19.3. The number of amides is 3. The first-order valence-corrected chi connectivity index (χ1v) is 22.6. The lowest BCUT2D eigenvalue weighted by molar-refractivity contribution is -0.142. The summed E-state index contributed by atoms with van der Waals surface area (Å²) in [6, 6.07) is 28.1. The maximum absolute atomic E-state index is 14.3. The number of carbonyl (C=O) groups is 3. The molecule has 11 heteroatoms. The Balaban J connectivity index is 0.973. The molecule has 0 unspecified atom stereocenters. The maximum Gasteiger partial charge on any atom is 0.326 e. The summed E-state index contributed by atoms with van der Waals surface area (Å²) in [5, 5.41) is 16.2. The minimum absolute atomic E-state index is 0.0599. The Morgan fingerprint density at radius 1 is 0.875 bits per heavy atom. The van der Waals surface area contributed by atoms with Crippen molar-refractivity contribution in [3.05, 3.63) is 142 Å². The molecule has 8 rings (SSSR count). The third-order valence-corrected chi connectivity index (χ3v) is 13.5. The second-order valence-electron chi connectivity index (χ2n) is 18.8. The molecule has 334 valence electrons. The summed E-state index contributed by atoms with van der Waals surface area (Å²) in [4.78, 5) is 47.0. The van der Waals surface area contributed by atoms with E-state index in [0.29, 0.717) is 23.5 Å². The van der Waals surface area contributed by atoms with E-state index in [0.717, 1.165) is 74.7 Å². The number of benzene rings is 4. The van der Waals surface area contributed by atoms with E-state index in [4.69, 9.17) is 14.2 Å². The number of fused-ring (bicyclic) bond motifs is 2. The standard InChI is InChI=1S/C53H60N4O7/c1-32-33(2)54-25-24-44(32)37-14-12-35(13-15-37)26-45(51(59)60)56-50(58)46-27-39-28-47-48(29-40(39)30-57(46)52(61)55-34(3)36-10-8-7-9-11-36)64-49(31-62-47)38-16-20-42(21-17-38)63-43-22-18-41(19-23-43)53(4,5)6/h7-17,20-21,24-25,28-29,34,41,43,45-46,49H,18-19,22-23,26-27,30-31H2,1-6H3,(H,55,61)(H,56,58)(H,59,60)/t34-,41?,43?,45+,46+,49-/m1/s1. The van der Waals surface area contributed by atoms with E-state index in [2.05, 4.69) is 36.4 Å². The Labute approximate surface area is 376 Å². The summed E-state index contributed by atoms with van der Waals surface area (Å²) in [5.74, 6) is 0.958. The van der Waals surface area contributed by atoms with Crippen LogP contribution in [0.15, 0.2) is 103 Å². The van der Waals surface area contributed by atoms with Gasteiger partial charge in [0.1, 0.15) is 24.4 Å². The number of ether oxygens (including phenoxy) is 3. The molecular formula is C53H60N4O7. The van der Waals surface area contributed by atoms with Crippen molar-refractivity contribution in [3.8, 4) is 28.4 Å². The number of aliphatic carboxylic acids is 1. The van der Waals surface area contributed by atoms with Gasteiger partial charge in [0.05, 0.1) is 12.1 Å². The largest absolute Gasteiger partial charge is 0.490 e. The predicted octanol–water partition coefficient (Wildman–Crippen LogP) is 9.87. The topological polar surface area (TPSA) is 139 Å². The van der Waals surface area contributed by atoms with E-state index in [1.807, 2.05) is 118 Å². The van der Waals surface area contributed by atoms with Gasteiger partial charge in [0.25, 0.3) is 0 Å². The first kappa shape index (κ1) is 44.3. The molecule has 3 heterocycles. The second-order valence-corrected chi connectivity index (χ2v) is 18.8. The van der Waals surface area contributed by atoms with Gasteiger partial charge in [-0.25, -0.2) is 9.59 Å². The Hall–Kier alpha value is -6.36. The average molecular weight is 865 g/mol. The number of carboxylic acids is 1. The molecule has 3 aliphatic rings. The fraction of sp³-hybridized carbons (Fsp3) is 0.396. The van der Waals surface area contributed by atoms with E-state index in [9.17, 15) is 19.5 Å². The summed E-state index contributed by atoms with van der Waals surface area (Å²) in [7, 11) is 0. The molecule has 4 aromatic carbocycles. The Morgan fingerprint density at radius 2 is 1.58 bits per heavy atom. The molecule has 11 nitrogen and oxygen atoms in total. The highest BCUT2D eigenvalue weighted by atomic mass is 16.6. The molecule has 1 aromatic heterocycles. The first-order valence-electron chi connectivity index (χ1n) is 22.6. The van der Waals surface area contributed by atoms with Gasteiger partial charge in [0.2, 0.25) is 5.91 Å². The molecule has 0 bridgehead atoms. The minimum atomic E-state index is -1.23. The third-order valence-electron chi connectivity index (χ3n) is 13.5. The van der Waals surface area contributed by atoms with Gasteiger partial charge < -0.3 is 34.9 Å². The minimum Gasteiger partial charge on any atom is -0.490 e. The molecule has 5 aromatic rings. The summed E-state index contributed by atoms with van der Waals surface area (Å²) in [6.07, 6.45) is 6.34. The smallest absolute Gasteiger partial charge is 0.326 e. The lowest BCUT2D eigenvalue weighted by Gasteiger charge is -2.38. The number of carbonyl (C=O) groups excluding carboxylic acids is 2. The number of nitrogens with one attached hydrogen (secondary N) is 2. The van der Waals surface area contributed by atoms with Gasteiger partial charge in [0.15, 0.2) is 17.6 Å². The molecule has 0 spiro atoms. The summed E-state index contributed by atoms with van der Waals surface area (Å²) in [6.45, 7) is 13.3. The molecule has 64 heavy (non-hydrogen) atoms. The van der Waals surface area contributed by atoms with Crippen LogP contribution in [0.5, 0.6) is 17.2 Å². The molecule has 3 amide bonds. The molecule has 0 saturated heterocycles. The zero-order valence-corrected chi connectivity index (χ0v) is 37.7. The highest BCUT2D eigenvalue weighted by Gasteiger charge is 2.39. The van der Waals surface area contributed by atoms with Gasteiger partial charge in [-0.3, -0.25) is 9.78 Å². The van der Waals surface area contributed by atoms with Crippen molar-refractivity contribution in [2.45, 2.75) is 117 Å². The van der Waals surface area contributed by atoms with Gasteiger partial charge in [-0.15, -0.1) is 0 Å². The van der Waals surface area contributed by atoms with E-state index in [1.165, 1.54) is 17.7 Å². The number of carboxylic acid groups (broad SMARTS) is 1. The number of hydrogen-bond acceptors (Lipinski definition) is 7. The number of hydrogen-bond donors (Lipinski definition) is 3. The van der Waals surface area contributed by atoms with Crippen molar-refractivity contribution in [2.75, 3.05) is 6.61 Å². The van der Waals surface area contributed by atoms with Crippen LogP contribution in [-0.4, -0.2) is 57.7 Å². The zero-order valence-electron chi connectivity index (χ0n) is 37.7. The Morgan fingerprint density at radius 3 is 2.27 bits per heavy atom. The van der Waals surface area contributed by atoms with Crippen LogP contribution >= 0.6 is 0 Å². The van der Waals surface area contributed by atoms with Crippen LogP contribution in [0.25, 0.3) is 11.1 Å². The van der Waals surface area contributed by atoms with Crippen LogP contribution in [0.1, 0.15) is 105 Å². The Bertz CT molecular complexity index is 2460. The van der Waals surface area contributed by atoms with Crippen LogP contribution in [0, 0.1) is 25.2 Å². The average Bonchev–Trinajstić information content (AvgIpc) is 3.29. The molecule has 0 radical (unpaired) electrons. The molecule has 3 N–H and O–H groups in total. The normalized spacial score (nSPS) is 20.3. The van der Waals surface area contributed by atoms with Gasteiger partial charge in [0, 0.05) is 31.3 Å². The first-order chi connectivity index (χ1) is 30.7. The lowest BCUT2D eigenvalue weighted by Crippen LogP contribution is -2.57. The van der Waals surface area contributed by atoms with Crippen LogP contribution in [-0.2, 0) is 29.0 Å². The van der Waals surface area contributed by atoms with E-state index in [1.54, 1.807) is 6.20 Å². The fourth-order valence-electron chi connectivity index (χ4n) is 9.33. The highest BCUT2D eigenvalue weighted by Crippen LogP contribution is 2.42. The Kier molecular flexibility index (Phi) is 13.0. The van der Waals surface area contributed by atoms with Crippen molar-refractivity contribution >= 4 is 17.9 Å². The van der Waals surface area contributed by atoms with Gasteiger partial charge in [-0.1, -0.05) is 87.5 Å². The van der Waals surface area contributed by atoms with Crippen LogP contribution < -0.4 is 24.8 Å². The third kappa shape index (κ3) is 10.0. The summed E-state index contributed by atoms with van der Waals surface area (Å²) in [5.41, 5.74) is 8.64. The highest BCUT2D eigenvalue weighted by molar-refractivity contribution is 5.91. The number of aromatic nitrogens is 1. The zero-order chi connectivity index (χ0) is 45.1. The van der Waals surface area contributed by atoms with E-state index >= 15 is 0 Å². The molecule has 1 saturated carbocycles. The lowest BCUT2D eigenvalue weighted by atomic mass is 9.72. The van der Waals surface area contributed by atoms with E-state index < -0.39 is 30.0 Å². The molecule has 4 atom stereocenters. The quantitative estimate of drug-likeness (QED) is 0.119. The number of urea groups is 1. The van der Waals surface area contributed by atoms with Crippen molar-refractivity contribution in [2.24, 2.45) is 11.3 Å². The SMILES string of the molecule is Cc1nccc(-c2ccc(C[C@H](NC(=O)[C@@H]3Cc4cc5c(cc4CN3C(=O)N[C@H](C)c3ccccc3)O[C@@H](c3ccc(OC4CCC(C(C)(C)C)CC4)cc3)CO5)C(=O)O)cc2)c1C. The van der Waals surface area contributed by atoms with Crippen molar-refractivity contribution in [1.82, 2.24) is 20.5 Å². The number of rotatable bonds is 11. The molecule has 1 aliphatic carbocycles.